The lowest BCUT2D eigenvalue weighted by molar-refractivity contribution is 0.0949. The minimum atomic E-state index is -0.212. The fourth-order valence-electron chi connectivity index (χ4n) is 2.39. The highest BCUT2D eigenvalue weighted by Gasteiger charge is 2.12. The summed E-state index contributed by atoms with van der Waals surface area (Å²) >= 11 is 5.94. The Hall–Kier alpha value is -2.45. The van der Waals surface area contributed by atoms with Crippen LogP contribution in [0.1, 0.15) is 25.7 Å². The van der Waals surface area contributed by atoms with Crippen molar-refractivity contribution in [2.45, 2.75) is 11.3 Å². The molecule has 1 aromatic carbocycles. The molecule has 0 atom stereocenters. The molecule has 2 N–H and O–H groups in total. The minimum absolute atomic E-state index is 0.211. The molecule has 0 spiro atoms. The molecule has 0 bridgehead atoms. The van der Waals surface area contributed by atoms with Gasteiger partial charge < -0.3 is 10.6 Å². The van der Waals surface area contributed by atoms with Gasteiger partial charge in [0.05, 0.1) is 16.1 Å². The Morgan fingerprint density at radius 2 is 1.96 bits per heavy atom. The number of amides is 2. The van der Waals surface area contributed by atoms with Crippen LogP contribution in [-0.4, -0.2) is 35.4 Å². The van der Waals surface area contributed by atoms with Crippen molar-refractivity contribution in [2.24, 2.45) is 0 Å². The first-order chi connectivity index (χ1) is 12.1. The van der Waals surface area contributed by atoms with Crippen molar-refractivity contribution >= 4 is 46.7 Å². The summed E-state index contributed by atoms with van der Waals surface area (Å²) in [5.41, 5.74) is 1.56. The second kappa shape index (κ2) is 7.62. The van der Waals surface area contributed by atoms with Crippen LogP contribution in [0, 0.1) is 0 Å². The number of fused-ring (bicyclic) bond motifs is 1. The van der Waals surface area contributed by atoms with E-state index in [0.29, 0.717) is 39.9 Å². The first-order valence-electron chi connectivity index (χ1n) is 7.60. The lowest BCUT2D eigenvalue weighted by atomic mass is 10.1. The molecule has 0 saturated heterocycles. The average molecular weight is 372 g/mol. The molecule has 0 unspecified atom stereocenters. The molecule has 25 heavy (non-hydrogen) atoms. The van der Waals surface area contributed by atoms with Crippen LogP contribution in [0.25, 0.3) is 10.9 Å². The van der Waals surface area contributed by atoms with E-state index in [0.717, 1.165) is 5.01 Å². The molecule has 2 amide bonds. The lowest BCUT2D eigenvalue weighted by Crippen LogP contribution is -2.25. The summed E-state index contributed by atoms with van der Waals surface area (Å²) in [5.74, 6) is -0.424. The number of aromatic nitrogens is 2. The van der Waals surface area contributed by atoms with Gasteiger partial charge in [-0.3, -0.25) is 14.6 Å². The van der Waals surface area contributed by atoms with Gasteiger partial charge in [0.15, 0.2) is 0 Å². The molecule has 3 rings (SSSR count). The molecule has 128 valence electrons. The van der Waals surface area contributed by atoms with Crippen molar-refractivity contribution < 1.29 is 9.59 Å². The Bertz CT molecular complexity index is 926. The summed E-state index contributed by atoms with van der Waals surface area (Å²) in [5, 5.41) is 9.01. The zero-order valence-corrected chi connectivity index (χ0v) is 15.2. The third kappa shape index (κ3) is 3.97. The van der Waals surface area contributed by atoms with Crippen molar-refractivity contribution in [3.8, 4) is 0 Å². The summed E-state index contributed by atoms with van der Waals surface area (Å²) < 4.78 is 0. The van der Waals surface area contributed by atoms with Gasteiger partial charge in [-0.2, -0.15) is 0 Å². The van der Waals surface area contributed by atoms with E-state index in [1.54, 1.807) is 42.8 Å². The Labute approximate surface area is 154 Å². The van der Waals surface area contributed by atoms with E-state index in [2.05, 4.69) is 33.2 Å². The number of thiol groups is 1. The van der Waals surface area contributed by atoms with Crippen LogP contribution in [0.5, 0.6) is 0 Å². The molecular formula is C17H16N4O2S2. The first kappa shape index (κ1) is 17.4. The molecule has 0 aliphatic rings. The second-order valence-corrected chi connectivity index (χ2v) is 6.76. The molecule has 6 nitrogen and oxygen atoms in total. The largest absolute Gasteiger partial charge is 0.355 e. The third-order valence-electron chi connectivity index (χ3n) is 3.62. The van der Waals surface area contributed by atoms with Crippen molar-refractivity contribution in [2.75, 3.05) is 13.6 Å². The Morgan fingerprint density at radius 3 is 2.68 bits per heavy atom. The van der Waals surface area contributed by atoms with Crippen LogP contribution in [0.15, 0.2) is 40.9 Å². The highest BCUT2D eigenvalue weighted by atomic mass is 32.1. The van der Waals surface area contributed by atoms with Gasteiger partial charge in [0.25, 0.3) is 11.8 Å². The standard InChI is InChI=1S/C17H16N4O2S2/c1-18-16(22)11-6-10-7-12(9-21-15(10)13(24)8-11)17(23)20-3-2-14-19-4-5-25-14/h4-9,24H,2-3H2,1H3,(H,18,22)(H,20,23). The molecule has 0 fully saturated rings. The van der Waals surface area contributed by atoms with Gasteiger partial charge in [0, 0.05) is 53.6 Å². The number of hydrogen-bond acceptors (Lipinski definition) is 6. The highest BCUT2D eigenvalue weighted by Crippen LogP contribution is 2.23. The van der Waals surface area contributed by atoms with Crippen LogP contribution in [-0.2, 0) is 6.42 Å². The zero-order chi connectivity index (χ0) is 17.8. The van der Waals surface area contributed by atoms with Gasteiger partial charge in [0.1, 0.15) is 0 Å². The molecule has 2 heterocycles. The number of nitrogens with one attached hydrogen (secondary N) is 2. The highest BCUT2D eigenvalue weighted by molar-refractivity contribution is 7.80. The summed E-state index contributed by atoms with van der Waals surface area (Å²) in [6, 6.07) is 5.07. The van der Waals surface area contributed by atoms with Crippen molar-refractivity contribution in [1.29, 1.82) is 0 Å². The molecule has 0 aliphatic heterocycles. The molecule has 0 radical (unpaired) electrons. The van der Waals surface area contributed by atoms with Gasteiger partial charge in [-0.05, 0) is 18.2 Å². The first-order valence-corrected chi connectivity index (χ1v) is 8.92. The van der Waals surface area contributed by atoms with E-state index in [4.69, 9.17) is 0 Å². The van der Waals surface area contributed by atoms with Crippen molar-refractivity contribution in [3.63, 3.8) is 0 Å². The number of rotatable bonds is 5. The Morgan fingerprint density at radius 1 is 1.16 bits per heavy atom. The number of carbonyl (C=O) groups is 2. The van der Waals surface area contributed by atoms with E-state index >= 15 is 0 Å². The smallest absolute Gasteiger partial charge is 0.252 e. The number of carbonyl (C=O) groups excluding carboxylic acids is 2. The molecule has 0 aliphatic carbocycles. The van der Waals surface area contributed by atoms with E-state index in [-0.39, 0.29) is 11.8 Å². The van der Waals surface area contributed by atoms with Crippen LogP contribution >= 0.6 is 24.0 Å². The Kier molecular flexibility index (Phi) is 5.30. The van der Waals surface area contributed by atoms with Crippen molar-refractivity contribution in [3.05, 3.63) is 52.1 Å². The van der Waals surface area contributed by atoms with Crippen LogP contribution in [0.2, 0.25) is 0 Å². The SMILES string of the molecule is CNC(=O)c1cc(S)c2ncc(C(=O)NCCc3nccs3)cc2c1. The van der Waals surface area contributed by atoms with E-state index in [9.17, 15) is 9.59 Å². The monoisotopic (exact) mass is 372 g/mol. The fraction of sp³-hybridized carbons (Fsp3) is 0.176. The number of nitrogens with zero attached hydrogens (tertiary/aromatic N) is 2. The molecular weight excluding hydrogens is 356 g/mol. The maximum absolute atomic E-state index is 12.3. The maximum atomic E-state index is 12.3. The zero-order valence-electron chi connectivity index (χ0n) is 13.4. The molecule has 2 aromatic heterocycles. The molecule has 8 heteroatoms. The topological polar surface area (TPSA) is 84.0 Å². The quantitative estimate of drug-likeness (QED) is 0.600. The van der Waals surface area contributed by atoms with Crippen molar-refractivity contribution in [1.82, 2.24) is 20.6 Å². The summed E-state index contributed by atoms with van der Waals surface area (Å²) in [4.78, 5) is 33.2. The number of benzene rings is 1. The van der Waals surface area contributed by atoms with Gasteiger partial charge in [-0.25, -0.2) is 4.98 Å². The van der Waals surface area contributed by atoms with Gasteiger partial charge >= 0.3 is 0 Å². The molecule has 0 saturated carbocycles. The predicted octanol–water partition coefficient (Wildman–Crippen LogP) is 2.31. The summed E-state index contributed by atoms with van der Waals surface area (Å²) in [6.45, 7) is 0.500. The van der Waals surface area contributed by atoms with Crippen LogP contribution in [0.4, 0.5) is 0 Å². The molecule has 3 aromatic rings. The predicted molar refractivity (Wildman–Crippen MR) is 101 cm³/mol. The Balaban J connectivity index is 1.79. The van der Waals surface area contributed by atoms with E-state index < -0.39 is 0 Å². The van der Waals surface area contributed by atoms with Gasteiger partial charge in [-0.1, -0.05) is 0 Å². The van der Waals surface area contributed by atoms with Gasteiger partial charge in [-0.15, -0.1) is 24.0 Å². The summed E-state index contributed by atoms with van der Waals surface area (Å²) in [6.07, 6.45) is 3.94. The normalized spacial score (nSPS) is 10.6. The summed E-state index contributed by atoms with van der Waals surface area (Å²) in [7, 11) is 1.56. The van der Waals surface area contributed by atoms with Crippen LogP contribution < -0.4 is 10.6 Å². The average Bonchev–Trinajstić information content (AvgIpc) is 3.13. The lowest BCUT2D eigenvalue weighted by Gasteiger charge is -2.08. The van der Waals surface area contributed by atoms with E-state index in [1.807, 2.05) is 5.38 Å². The van der Waals surface area contributed by atoms with Gasteiger partial charge in [0.2, 0.25) is 0 Å². The van der Waals surface area contributed by atoms with E-state index in [1.165, 1.54) is 6.20 Å². The number of hydrogen-bond donors (Lipinski definition) is 3. The maximum Gasteiger partial charge on any atom is 0.252 e. The number of thiazole rings is 1. The third-order valence-corrected chi connectivity index (χ3v) is 4.80. The number of pyridine rings is 1. The minimum Gasteiger partial charge on any atom is -0.355 e. The second-order valence-electron chi connectivity index (χ2n) is 5.30. The van der Waals surface area contributed by atoms with Crippen LogP contribution in [0.3, 0.4) is 0 Å². The fourth-order valence-corrected chi connectivity index (χ4v) is 3.34.